The van der Waals surface area contributed by atoms with Crippen LogP contribution in [0.4, 0.5) is 0 Å². The van der Waals surface area contributed by atoms with Crippen LogP contribution in [0.2, 0.25) is 0 Å². The van der Waals surface area contributed by atoms with Crippen molar-refractivity contribution in [3.8, 4) is 0 Å². The third-order valence-corrected chi connectivity index (χ3v) is 3.01. The maximum Gasteiger partial charge on any atom is 0.305 e. The van der Waals surface area contributed by atoms with Crippen LogP contribution in [0.3, 0.4) is 0 Å². The second-order valence-corrected chi connectivity index (χ2v) is 4.67. The van der Waals surface area contributed by atoms with Crippen molar-refractivity contribution in [3.05, 3.63) is 38.7 Å². The number of H-pyrrole nitrogens is 1. The lowest BCUT2D eigenvalue weighted by Crippen LogP contribution is -2.16. The molecule has 0 aliphatic carbocycles. The van der Waals surface area contributed by atoms with E-state index in [1.807, 2.05) is 6.07 Å². The van der Waals surface area contributed by atoms with Crippen molar-refractivity contribution >= 4 is 32.9 Å². The molecule has 0 radical (unpaired) electrons. The average molecular weight is 311 g/mol. The van der Waals surface area contributed by atoms with Gasteiger partial charge in [-0.15, -0.1) is 0 Å². The Morgan fingerprint density at radius 1 is 1.50 bits per heavy atom. The Morgan fingerprint density at radius 2 is 2.28 bits per heavy atom. The summed E-state index contributed by atoms with van der Waals surface area (Å²) in [5, 5.41) is 0. The first-order valence-electron chi connectivity index (χ1n) is 5.35. The van der Waals surface area contributed by atoms with Crippen LogP contribution < -0.4 is 5.56 Å². The van der Waals surface area contributed by atoms with Crippen molar-refractivity contribution in [1.29, 1.82) is 0 Å². The van der Waals surface area contributed by atoms with E-state index in [2.05, 4.69) is 30.6 Å². The minimum absolute atomic E-state index is 0.147. The predicted octanol–water partition coefficient (Wildman–Crippen LogP) is 1.79. The third-order valence-electron chi connectivity index (χ3n) is 2.52. The van der Waals surface area contributed by atoms with Crippen LogP contribution in [0.5, 0.6) is 0 Å². The number of aromatic nitrogens is 2. The highest BCUT2D eigenvalue weighted by Gasteiger charge is 2.08. The van der Waals surface area contributed by atoms with E-state index in [-0.39, 0.29) is 24.4 Å². The maximum absolute atomic E-state index is 11.8. The summed E-state index contributed by atoms with van der Waals surface area (Å²) in [6, 6.07) is 5.43. The second-order valence-electron chi connectivity index (χ2n) is 3.75. The molecule has 0 unspecified atom stereocenters. The lowest BCUT2D eigenvalue weighted by atomic mass is 10.2. The van der Waals surface area contributed by atoms with Crippen LogP contribution in [0.1, 0.15) is 12.1 Å². The third kappa shape index (κ3) is 2.76. The summed E-state index contributed by atoms with van der Waals surface area (Å²) in [5.41, 5.74) is 1.42. The summed E-state index contributed by atoms with van der Waals surface area (Å²) in [6.45, 7) is 0. The fraction of sp³-hybridized carbons (Fsp3) is 0.250. The van der Waals surface area contributed by atoms with Gasteiger partial charge in [0.2, 0.25) is 0 Å². The molecule has 0 atom stereocenters. The molecule has 0 fully saturated rings. The molecule has 1 N–H and O–H groups in total. The number of esters is 1. The van der Waals surface area contributed by atoms with Crippen molar-refractivity contribution in [3.63, 3.8) is 0 Å². The van der Waals surface area contributed by atoms with Crippen LogP contribution >= 0.6 is 15.9 Å². The van der Waals surface area contributed by atoms with Gasteiger partial charge in [0.05, 0.1) is 24.6 Å². The predicted molar refractivity (Wildman–Crippen MR) is 70.4 cm³/mol. The SMILES string of the molecule is COC(=O)CCc1nc2ccc(Br)cc2[nH]c1=O. The Hall–Kier alpha value is -1.69. The minimum atomic E-state index is -0.355. The van der Waals surface area contributed by atoms with Crippen LogP contribution in [0.15, 0.2) is 27.5 Å². The standard InChI is InChI=1S/C12H11BrN2O3/c1-18-11(16)5-4-9-12(17)15-10-6-7(13)2-3-8(10)14-9/h2-3,6H,4-5H2,1H3,(H,15,17). The number of carbonyl (C=O) groups excluding carboxylic acids is 1. The van der Waals surface area contributed by atoms with Crippen molar-refractivity contribution in [2.45, 2.75) is 12.8 Å². The van der Waals surface area contributed by atoms with Crippen LogP contribution in [-0.4, -0.2) is 23.0 Å². The Bertz CT molecular complexity index is 651. The van der Waals surface area contributed by atoms with Gasteiger partial charge in [0.1, 0.15) is 5.69 Å². The number of methoxy groups -OCH3 is 1. The molecule has 0 aliphatic heterocycles. The molecule has 1 heterocycles. The monoisotopic (exact) mass is 310 g/mol. The van der Waals surface area contributed by atoms with E-state index in [9.17, 15) is 9.59 Å². The highest BCUT2D eigenvalue weighted by atomic mass is 79.9. The highest BCUT2D eigenvalue weighted by molar-refractivity contribution is 9.10. The van der Waals surface area contributed by atoms with Gasteiger partial charge in [-0.3, -0.25) is 9.59 Å². The number of nitrogens with zero attached hydrogens (tertiary/aromatic N) is 1. The number of nitrogens with one attached hydrogen (secondary N) is 1. The van der Waals surface area contributed by atoms with Crippen LogP contribution in [0.25, 0.3) is 11.0 Å². The van der Waals surface area contributed by atoms with Gasteiger partial charge in [0.15, 0.2) is 0 Å². The van der Waals surface area contributed by atoms with Crippen molar-refractivity contribution < 1.29 is 9.53 Å². The van der Waals surface area contributed by atoms with E-state index in [1.54, 1.807) is 12.1 Å². The number of carbonyl (C=O) groups is 1. The van der Waals surface area contributed by atoms with Gasteiger partial charge in [0, 0.05) is 10.9 Å². The Kier molecular flexibility index (Phi) is 3.76. The Labute approximate surface area is 111 Å². The molecule has 0 spiro atoms. The Morgan fingerprint density at radius 3 is 3.00 bits per heavy atom. The molecule has 1 aromatic carbocycles. The lowest BCUT2D eigenvalue weighted by molar-refractivity contribution is -0.140. The van der Waals surface area contributed by atoms with E-state index in [0.29, 0.717) is 16.7 Å². The molecular weight excluding hydrogens is 300 g/mol. The number of fused-ring (bicyclic) bond motifs is 1. The Balaban J connectivity index is 2.35. The zero-order chi connectivity index (χ0) is 13.1. The lowest BCUT2D eigenvalue weighted by Gasteiger charge is -2.02. The first kappa shape index (κ1) is 12.8. The summed E-state index contributed by atoms with van der Waals surface area (Å²) in [5.74, 6) is -0.355. The second kappa shape index (κ2) is 5.30. The van der Waals surface area contributed by atoms with Crippen LogP contribution in [-0.2, 0) is 16.0 Å². The van der Waals surface area contributed by atoms with Gasteiger partial charge in [-0.05, 0) is 18.2 Å². The normalized spacial score (nSPS) is 10.6. The summed E-state index contributed by atoms with van der Waals surface area (Å²) in [4.78, 5) is 29.8. The first-order chi connectivity index (χ1) is 8.60. The van der Waals surface area contributed by atoms with E-state index in [1.165, 1.54) is 7.11 Å². The number of hydrogen-bond acceptors (Lipinski definition) is 4. The zero-order valence-corrected chi connectivity index (χ0v) is 11.3. The molecule has 2 aromatic rings. The van der Waals surface area contributed by atoms with Gasteiger partial charge >= 0.3 is 5.97 Å². The number of aryl methyl sites for hydroxylation is 1. The fourth-order valence-electron chi connectivity index (χ4n) is 1.59. The molecule has 0 saturated carbocycles. The maximum atomic E-state index is 11.8. The molecule has 0 bridgehead atoms. The molecule has 0 aliphatic rings. The number of aromatic amines is 1. The summed E-state index contributed by atoms with van der Waals surface area (Å²) in [7, 11) is 1.32. The summed E-state index contributed by atoms with van der Waals surface area (Å²) >= 11 is 3.32. The van der Waals surface area contributed by atoms with E-state index < -0.39 is 0 Å². The van der Waals surface area contributed by atoms with Gasteiger partial charge in [-0.25, -0.2) is 4.98 Å². The smallest absolute Gasteiger partial charge is 0.305 e. The van der Waals surface area contributed by atoms with E-state index >= 15 is 0 Å². The topological polar surface area (TPSA) is 72.0 Å². The minimum Gasteiger partial charge on any atom is -0.469 e. The average Bonchev–Trinajstić information content (AvgIpc) is 2.35. The van der Waals surface area contributed by atoms with Gasteiger partial charge in [-0.2, -0.15) is 0 Å². The number of halogens is 1. The molecule has 94 valence electrons. The molecule has 5 nitrogen and oxygen atoms in total. The molecule has 1 aromatic heterocycles. The number of benzene rings is 1. The highest BCUT2D eigenvalue weighted by Crippen LogP contribution is 2.15. The zero-order valence-electron chi connectivity index (χ0n) is 9.70. The van der Waals surface area contributed by atoms with E-state index in [0.717, 1.165) is 4.47 Å². The van der Waals surface area contributed by atoms with Crippen LogP contribution in [0, 0.1) is 0 Å². The van der Waals surface area contributed by atoms with E-state index in [4.69, 9.17) is 0 Å². The molecule has 0 amide bonds. The summed E-state index contributed by atoms with van der Waals surface area (Å²) < 4.78 is 5.40. The van der Waals surface area contributed by atoms with Crippen molar-refractivity contribution in [1.82, 2.24) is 9.97 Å². The van der Waals surface area contributed by atoms with Gasteiger partial charge in [0.25, 0.3) is 5.56 Å². The largest absolute Gasteiger partial charge is 0.469 e. The fourth-order valence-corrected chi connectivity index (χ4v) is 1.95. The van der Waals surface area contributed by atoms with Gasteiger partial charge in [-0.1, -0.05) is 15.9 Å². The number of ether oxygens (including phenoxy) is 1. The number of hydrogen-bond donors (Lipinski definition) is 1. The quantitative estimate of drug-likeness (QED) is 0.877. The van der Waals surface area contributed by atoms with Gasteiger partial charge < -0.3 is 9.72 Å². The summed E-state index contributed by atoms with van der Waals surface area (Å²) in [6.07, 6.45) is 0.419. The number of rotatable bonds is 3. The molecule has 2 rings (SSSR count). The van der Waals surface area contributed by atoms with Crippen molar-refractivity contribution in [2.24, 2.45) is 0 Å². The molecule has 18 heavy (non-hydrogen) atoms. The molecular formula is C12H11BrN2O3. The molecule has 0 saturated heterocycles. The van der Waals surface area contributed by atoms with Crippen molar-refractivity contribution in [2.75, 3.05) is 7.11 Å². The first-order valence-corrected chi connectivity index (χ1v) is 6.14. The molecule has 6 heteroatoms.